The molecular formula is C20H22ClNO5S. The second-order valence-corrected chi connectivity index (χ2v) is 8.07. The maximum absolute atomic E-state index is 12.0. The molecule has 1 amide bonds. The van der Waals surface area contributed by atoms with Crippen LogP contribution in [0, 0.1) is 0 Å². The van der Waals surface area contributed by atoms with Crippen molar-refractivity contribution in [1.82, 2.24) is 0 Å². The van der Waals surface area contributed by atoms with Gasteiger partial charge in [-0.25, -0.2) is 0 Å². The van der Waals surface area contributed by atoms with Gasteiger partial charge in [-0.05, 0) is 54.5 Å². The number of amides is 1. The maximum atomic E-state index is 12.0. The minimum Gasteiger partial charge on any atom is -0.493 e. The van der Waals surface area contributed by atoms with Gasteiger partial charge in [0.1, 0.15) is 0 Å². The summed E-state index contributed by atoms with van der Waals surface area (Å²) in [6.45, 7) is 1.90. The van der Waals surface area contributed by atoms with Crippen LogP contribution in [0.5, 0.6) is 11.5 Å². The van der Waals surface area contributed by atoms with Gasteiger partial charge in [0.15, 0.2) is 11.5 Å². The molecule has 0 saturated heterocycles. The highest BCUT2D eigenvalue weighted by Gasteiger charge is 2.15. The average molecular weight is 424 g/mol. The number of halogens is 1. The molecule has 28 heavy (non-hydrogen) atoms. The summed E-state index contributed by atoms with van der Waals surface area (Å²) in [7, 11) is -2.26. The first-order chi connectivity index (χ1) is 13.3. The van der Waals surface area contributed by atoms with Crippen molar-refractivity contribution >= 4 is 39.4 Å². The van der Waals surface area contributed by atoms with Gasteiger partial charge < -0.3 is 14.2 Å². The summed E-state index contributed by atoms with van der Waals surface area (Å²) in [6, 6.07) is 11.5. The van der Waals surface area contributed by atoms with Gasteiger partial charge in [0, 0.05) is 16.8 Å². The topological polar surface area (TPSA) is 81.7 Å². The van der Waals surface area contributed by atoms with E-state index >= 15 is 0 Å². The summed E-state index contributed by atoms with van der Waals surface area (Å²) in [4.78, 5) is 12.0. The van der Waals surface area contributed by atoms with Crippen molar-refractivity contribution in [3.8, 4) is 11.5 Å². The summed E-state index contributed by atoms with van der Waals surface area (Å²) in [5, 5.41) is 3.29. The van der Waals surface area contributed by atoms with Crippen LogP contribution >= 0.6 is 11.6 Å². The third-order valence-corrected chi connectivity index (χ3v) is 5.17. The Morgan fingerprint density at radius 1 is 1.14 bits per heavy atom. The standard InChI is InChI=1S/C20H22ClNO5S/c1-3-4-13-28(24,25)27-18-11-5-15(14-19(18)26-2)6-12-20(23)22-17-9-7-16(21)8-10-17/h5-12,14H,3-4,13H2,1-2H3,(H,22,23). The lowest BCUT2D eigenvalue weighted by Crippen LogP contribution is -2.14. The van der Waals surface area contributed by atoms with Gasteiger partial charge in [0.25, 0.3) is 0 Å². The Bertz CT molecular complexity index is 940. The monoisotopic (exact) mass is 423 g/mol. The first kappa shape index (κ1) is 21.8. The minimum atomic E-state index is -3.68. The zero-order chi connectivity index (χ0) is 20.6. The lowest BCUT2D eigenvalue weighted by atomic mass is 10.2. The lowest BCUT2D eigenvalue weighted by molar-refractivity contribution is -0.111. The fourth-order valence-corrected chi connectivity index (χ4v) is 3.51. The molecular weight excluding hydrogens is 402 g/mol. The van der Waals surface area contributed by atoms with Crippen LogP contribution in [0.2, 0.25) is 5.02 Å². The summed E-state index contributed by atoms with van der Waals surface area (Å²) in [6.07, 6.45) is 4.22. The van der Waals surface area contributed by atoms with E-state index in [0.717, 1.165) is 6.42 Å². The molecule has 8 heteroatoms. The van der Waals surface area contributed by atoms with Crippen molar-refractivity contribution in [2.24, 2.45) is 0 Å². The van der Waals surface area contributed by atoms with Crippen LogP contribution in [-0.2, 0) is 14.9 Å². The average Bonchev–Trinajstić information content (AvgIpc) is 2.67. The van der Waals surface area contributed by atoms with Crippen molar-refractivity contribution in [3.63, 3.8) is 0 Å². The van der Waals surface area contributed by atoms with Gasteiger partial charge in [-0.3, -0.25) is 4.79 Å². The highest BCUT2D eigenvalue weighted by Crippen LogP contribution is 2.30. The first-order valence-electron chi connectivity index (χ1n) is 8.68. The third-order valence-electron chi connectivity index (χ3n) is 3.69. The predicted molar refractivity (Wildman–Crippen MR) is 111 cm³/mol. The molecule has 0 atom stereocenters. The molecule has 0 aliphatic heterocycles. The Balaban J connectivity index is 2.07. The van der Waals surface area contributed by atoms with Crippen LogP contribution in [0.25, 0.3) is 6.08 Å². The Morgan fingerprint density at radius 2 is 1.86 bits per heavy atom. The number of unbranched alkanes of at least 4 members (excludes halogenated alkanes) is 1. The van der Waals surface area contributed by atoms with Crippen LogP contribution in [-0.4, -0.2) is 27.2 Å². The minimum absolute atomic E-state index is 0.0564. The molecule has 0 saturated carbocycles. The molecule has 0 radical (unpaired) electrons. The van der Waals surface area contributed by atoms with Crippen molar-refractivity contribution in [1.29, 1.82) is 0 Å². The number of ether oxygens (including phenoxy) is 1. The first-order valence-corrected chi connectivity index (χ1v) is 10.6. The molecule has 2 rings (SSSR count). The van der Waals surface area contributed by atoms with E-state index in [1.54, 1.807) is 42.5 Å². The lowest BCUT2D eigenvalue weighted by Gasteiger charge is -2.11. The molecule has 0 aromatic heterocycles. The second-order valence-electron chi connectivity index (χ2n) is 5.94. The van der Waals surface area contributed by atoms with E-state index in [9.17, 15) is 13.2 Å². The highest BCUT2D eigenvalue weighted by atomic mass is 35.5. The smallest absolute Gasteiger partial charge is 0.309 e. The summed E-state index contributed by atoms with van der Waals surface area (Å²) in [5.74, 6) is 0.00424. The van der Waals surface area contributed by atoms with E-state index in [-0.39, 0.29) is 23.2 Å². The number of hydrogen-bond acceptors (Lipinski definition) is 5. The number of benzene rings is 2. The van der Waals surface area contributed by atoms with Gasteiger partial charge in [0.2, 0.25) is 5.91 Å². The molecule has 0 aliphatic carbocycles. The fraction of sp³-hybridized carbons (Fsp3) is 0.250. The molecule has 1 N–H and O–H groups in total. The third kappa shape index (κ3) is 6.90. The highest BCUT2D eigenvalue weighted by molar-refractivity contribution is 7.87. The fourth-order valence-electron chi connectivity index (χ4n) is 2.25. The van der Waals surface area contributed by atoms with Gasteiger partial charge in [-0.2, -0.15) is 8.42 Å². The van der Waals surface area contributed by atoms with Gasteiger partial charge >= 0.3 is 10.1 Å². The number of hydrogen-bond donors (Lipinski definition) is 1. The van der Waals surface area contributed by atoms with Crippen LogP contribution in [0.15, 0.2) is 48.5 Å². The molecule has 0 fully saturated rings. The Morgan fingerprint density at radius 3 is 2.50 bits per heavy atom. The summed E-state index contributed by atoms with van der Waals surface area (Å²) in [5.41, 5.74) is 1.28. The molecule has 6 nitrogen and oxygen atoms in total. The number of anilines is 1. The van der Waals surface area contributed by atoms with Gasteiger partial charge in [-0.15, -0.1) is 0 Å². The van der Waals surface area contributed by atoms with Crippen molar-refractivity contribution in [3.05, 3.63) is 59.1 Å². The van der Waals surface area contributed by atoms with Crippen LogP contribution in [0.1, 0.15) is 25.3 Å². The quantitative estimate of drug-likeness (QED) is 0.474. The summed E-state index contributed by atoms with van der Waals surface area (Å²) < 4.78 is 34.3. The second kappa shape index (κ2) is 10.1. The molecule has 150 valence electrons. The zero-order valence-electron chi connectivity index (χ0n) is 15.6. The van der Waals surface area contributed by atoms with Crippen molar-refractivity contribution in [2.45, 2.75) is 19.8 Å². The number of carbonyl (C=O) groups excluding carboxylic acids is 1. The Labute approximate surface area is 170 Å². The van der Waals surface area contributed by atoms with E-state index in [4.69, 9.17) is 20.5 Å². The molecule has 0 heterocycles. The molecule has 2 aromatic carbocycles. The van der Waals surface area contributed by atoms with Crippen molar-refractivity contribution in [2.75, 3.05) is 18.2 Å². The van der Waals surface area contributed by atoms with Crippen molar-refractivity contribution < 1.29 is 22.1 Å². The van der Waals surface area contributed by atoms with Gasteiger partial charge in [0.05, 0.1) is 12.9 Å². The SMILES string of the molecule is CCCCS(=O)(=O)Oc1ccc(C=CC(=O)Nc2ccc(Cl)cc2)cc1OC. The normalized spacial score (nSPS) is 11.4. The molecule has 2 aromatic rings. The van der Waals surface area contributed by atoms with Gasteiger partial charge in [-0.1, -0.05) is 31.0 Å². The summed E-state index contributed by atoms with van der Waals surface area (Å²) >= 11 is 5.81. The number of nitrogens with one attached hydrogen (secondary N) is 1. The molecule has 0 unspecified atom stereocenters. The van der Waals surface area contributed by atoms with E-state index in [0.29, 0.717) is 22.7 Å². The number of carbonyl (C=O) groups is 1. The maximum Gasteiger partial charge on any atom is 0.309 e. The van der Waals surface area contributed by atoms with Crippen LogP contribution in [0.4, 0.5) is 5.69 Å². The molecule has 0 spiro atoms. The number of rotatable bonds is 9. The Kier molecular flexibility index (Phi) is 7.90. The zero-order valence-corrected chi connectivity index (χ0v) is 17.2. The molecule has 0 aliphatic rings. The van der Waals surface area contributed by atoms with E-state index in [1.807, 2.05) is 6.92 Å². The predicted octanol–water partition coefficient (Wildman–Crippen LogP) is 4.51. The largest absolute Gasteiger partial charge is 0.493 e. The Hall–Kier alpha value is -2.51. The van der Waals surface area contributed by atoms with Crippen LogP contribution in [0.3, 0.4) is 0 Å². The van der Waals surface area contributed by atoms with Crippen LogP contribution < -0.4 is 14.2 Å². The van der Waals surface area contributed by atoms with E-state index in [1.165, 1.54) is 19.3 Å². The number of methoxy groups -OCH3 is 1. The molecule has 0 bridgehead atoms. The van der Waals surface area contributed by atoms with E-state index < -0.39 is 10.1 Å². The van der Waals surface area contributed by atoms with E-state index in [2.05, 4.69) is 5.32 Å².